The molecule has 0 amide bonds. The number of aliphatic hydroxyl groups is 1. The van der Waals surface area contributed by atoms with Crippen molar-refractivity contribution >= 4 is 93.6 Å². The van der Waals surface area contributed by atoms with E-state index in [1.165, 1.54) is 0 Å². The molecule has 1 atom stereocenters. The van der Waals surface area contributed by atoms with Crippen molar-refractivity contribution in [3.05, 3.63) is 0 Å². The van der Waals surface area contributed by atoms with Gasteiger partial charge in [-0.05, 0) is 0 Å². The molecule has 16 heteroatoms. The first-order valence-electron chi connectivity index (χ1n) is 4.48. The van der Waals surface area contributed by atoms with Crippen LogP contribution in [0.25, 0.3) is 0 Å². The fraction of sp³-hybridized carbons (Fsp3) is 0.429. The minimum absolute atomic E-state index is 0. The van der Waals surface area contributed by atoms with E-state index in [4.69, 9.17) is 32.8 Å². The molecule has 0 heterocycles. The molecule has 1 unspecified atom stereocenters. The van der Waals surface area contributed by atoms with Crippen LogP contribution in [-0.2, 0) is 29.5 Å². The van der Waals surface area contributed by atoms with Gasteiger partial charge in [-0.1, -0.05) is 0 Å². The first-order valence-corrected chi connectivity index (χ1v) is 5.88. The number of hydrogen-bond acceptors (Lipinski definition) is 8. The van der Waals surface area contributed by atoms with Crippen molar-refractivity contribution in [1.82, 2.24) is 0 Å². The van der Waals surface area contributed by atoms with Crippen LogP contribution in [0.1, 0.15) is 12.8 Å². The number of carboxylic acids is 2. The van der Waals surface area contributed by atoms with Crippen LogP contribution in [0.15, 0.2) is 0 Å². The molecule has 0 aromatic carbocycles. The van der Waals surface area contributed by atoms with E-state index in [9.17, 15) is 24.3 Å². The number of ether oxygens (including phenoxy) is 1. The molecule has 0 saturated carbocycles. The molecule has 0 aliphatic rings. The zero-order chi connectivity index (χ0) is 17.4. The summed E-state index contributed by atoms with van der Waals surface area (Å²) >= 11 is 0. The van der Waals surface area contributed by atoms with E-state index in [1.54, 1.807) is 0 Å². The summed E-state index contributed by atoms with van der Waals surface area (Å²) in [4.78, 5) is 41.4. The summed E-state index contributed by atoms with van der Waals surface area (Å²) in [5.74, 6) is -5.18. The summed E-state index contributed by atoms with van der Waals surface area (Å²) in [5.41, 5.74) is -2.89. The van der Waals surface area contributed by atoms with Crippen molar-refractivity contribution in [2.45, 2.75) is 18.4 Å². The topological polar surface area (TPSA) is 233 Å². The normalized spacial score (nSPS) is 12.0. The SMILES string of the molecule is O=C(O)CC(O)(CC(=O)OC(=O)O)C(=O)O.O=S(=O)(O)O.[NaH].[NaH]. The molecule has 0 spiro atoms. The Morgan fingerprint density at radius 2 is 1.26 bits per heavy atom. The maximum absolute atomic E-state index is 10.7. The summed E-state index contributed by atoms with van der Waals surface area (Å²) in [6, 6.07) is 0. The van der Waals surface area contributed by atoms with E-state index in [0.717, 1.165) is 0 Å². The van der Waals surface area contributed by atoms with Crippen LogP contribution in [-0.4, -0.2) is 127 Å². The predicted molar refractivity (Wildman–Crippen MR) is 72.0 cm³/mol. The third kappa shape index (κ3) is 21.7. The van der Waals surface area contributed by atoms with Crippen molar-refractivity contribution < 1.29 is 61.9 Å². The summed E-state index contributed by atoms with van der Waals surface area (Å²) in [6.07, 6.45) is -4.51. The minimum atomic E-state index is -4.67. The Labute approximate surface area is 172 Å². The maximum atomic E-state index is 10.7. The Balaban J connectivity index is -0.000000225. The van der Waals surface area contributed by atoms with Gasteiger partial charge >= 0.3 is 93.6 Å². The van der Waals surface area contributed by atoms with E-state index in [-0.39, 0.29) is 59.1 Å². The molecule has 0 fully saturated rings. The number of rotatable bonds is 5. The van der Waals surface area contributed by atoms with Crippen LogP contribution in [0.3, 0.4) is 0 Å². The van der Waals surface area contributed by atoms with Gasteiger partial charge in [-0.2, -0.15) is 8.42 Å². The Morgan fingerprint density at radius 1 is 0.913 bits per heavy atom. The van der Waals surface area contributed by atoms with Gasteiger partial charge < -0.3 is 25.2 Å². The fourth-order valence-corrected chi connectivity index (χ4v) is 0.836. The quantitative estimate of drug-likeness (QED) is 0.120. The summed E-state index contributed by atoms with van der Waals surface area (Å²) in [7, 11) is -4.67. The number of carbonyl (C=O) groups excluding carboxylic acids is 1. The third-order valence-corrected chi connectivity index (χ3v) is 1.48. The van der Waals surface area contributed by atoms with Crippen LogP contribution >= 0.6 is 0 Å². The van der Waals surface area contributed by atoms with Crippen molar-refractivity contribution in [2.75, 3.05) is 0 Å². The molecule has 23 heavy (non-hydrogen) atoms. The van der Waals surface area contributed by atoms with Gasteiger partial charge in [0.2, 0.25) is 0 Å². The molecule has 0 aliphatic carbocycles. The van der Waals surface area contributed by atoms with E-state index in [1.807, 2.05) is 0 Å². The third-order valence-electron chi connectivity index (χ3n) is 1.48. The van der Waals surface area contributed by atoms with E-state index >= 15 is 0 Å². The van der Waals surface area contributed by atoms with Gasteiger partial charge in [0.1, 0.15) is 0 Å². The predicted octanol–water partition coefficient (Wildman–Crippen LogP) is -3.06. The van der Waals surface area contributed by atoms with E-state index in [0.29, 0.717) is 0 Å². The Morgan fingerprint density at radius 3 is 1.48 bits per heavy atom. The molecule has 0 aliphatic heterocycles. The molecule has 0 aromatic heterocycles. The molecular weight excluding hydrogens is 370 g/mol. The summed E-state index contributed by atoms with van der Waals surface area (Å²) in [5, 5.41) is 34.1. The number of esters is 1. The fourth-order valence-electron chi connectivity index (χ4n) is 0.836. The summed E-state index contributed by atoms with van der Waals surface area (Å²) in [6.45, 7) is 0. The standard InChI is InChI=1S/C7H8O9.2Na.H2O4S.2H/c8-3(9)1-7(15,5(11)12)2-4(10)16-6(13)14;;;1-5(2,3)4;;/h15H,1-2H2,(H,8,9)(H,11,12)(H,13,14);;;(H2,1,2,3,4);;. The molecule has 0 aromatic rings. The molecule has 0 rings (SSSR count). The van der Waals surface area contributed by atoms with Crippen LogP contribution in [0.5, 0.6) is 0 Å². The first kappa shape index (κ1) is 30.6. The van der Waals surface area contributed by atoms with Gasteiger partial charge in [0.25, 0.3) is 0 Å². The monoisotopic (exact) mass is 382 g/mol. The molecule has 0 radical (unpaired) electrons. The van der Waals surface area contributed by atoms with Gasteiger partial charge in [0, 0.05) is 0 Å². The van der Waals surface area contributed by atoms with Crippen molar-refractivity contribution in [1.29, 1.82) is 0 Å². The molecule has 6 N–H and O–H groups in total. The second kappa shape index (κ2) is 13.1. The average Bonchev–Trinajstić information content (AvgIpc) is 2.10. The number of aliphatic carboxylic acids is 2. The van der Waals surface area contributed by atoms with Crippen molar-refractivity contribution in [3.63, 3.8) is 0 Å². The van der Waals surface area contributed by atoms with E-state index < -0.39 is 52.9 Å². The van der Waals surface area contributed by atoms with Gasteiger partial charge in [0.05, 0.1) is 12.8 Å². The second-order valence-corrected chi connectivity index (χ2v) is 4.17. The Kier molecular flexibility index (Phi) is 17.4. The molecule has 126 valence electrons. The van der Waals surface area contributed by atoms with Gasteiger partial charge in [0.15, 0.2) is 5.60 Å². The number of hydrogen-bond donors (Lipinski definition) is 6. The van der Waals surface area contributed by atoms with Crippen LogP contribution in [0, 0.1) is 0 Å². The van der Waals surface area contributed by atoms with E-state index in [2.05, 4.69) is 4.74 Å². The number of carbonyl (C=O) groups is 4. The number of carboxylic acid groups (broad SMARTS) is 3. The van der Waals surface area contributed by atoms with Crippen molar-refractivity contribution in [3.8, 4) is 0 Å². The molecular formula is C7H12Na2O13S. The zero-order valence-electron chi connectivity index (χ0n) is 9.86. The second-order valence-electron chi connectivity index (χ2n) is 3.27. The van der Waals surface area contributed by atoms with Gasteiger partial charge in [-0.15, -0.1) is 0 Å². The summed E-state index contributed by atoms with van der Waals surface area (Å²) < 4.78 is 35.1. The van der Waals surface area contributed by atoms with Crippen LogP contribution < -0.4 is 0 Å². The Bertz CT molecular complexity index is 520. The van der Waals surface area contributed by atoms with Gasteiger partial charge in [-0.25, -0.2) is 9.59 Å². The molecule has 0 saturated heterocycles. The van der Waals surface area contributed by atoms with Crippen LogP contribution in [0.2, 0.25) is 0 Å². The average molecular weight is 382 g/mol. The van der Waals surface area contributed by atoms with Crippen molar-refractivity contribution in [2.24, 2.45) is 0 Å². The van der Waals surface area contributed by atoms with Crippen LogP contribution in [0.4, 0.5) is 4.79 Å². The molecule has 0 bridgehead atoms. The first-order chi connectivity index (χ1) is 9.17. The Hall–Kier alpha value is -0.290. The zero-order valence-corrected chi connectivity index (χ0v) is 10.7. The van der Waals surface area contributed by atoms with Gasteiger partial charge in [-0.3, -0.25) is 18.7 Å². The molecule has 13 nitrogen and oxygen atoms in total.